The van der Waals surface area contributed by atoms with E-state index in [0.29, 0.717) is 13.0 Å². The first-order chi connectivity index (χ1) is 8.59. The Hall–Kier alpha value is -1.46. The normalized spacial score (nSPS) is 10.7. The van der Waals surface area contributed by atoms with Gasteiger partial charge in [0.15, 0.2) is 0 Å². The molecule has 0 saturated carbocycles. The van der Waals surface area contributed by atoms with Crippen LogP contribution in [0.15, 0.2) is 24.3 Å². The van der Waals surface area contributed by atoms with Gasteiger partial charge in [0.1, 0.15) is 5.82 Å². The zero-order valence-corrected chi connectivity index (χ0v) is 10.9. The summed E-state index contributed by atoms with van der Waals surface area (Å²) < 4.78 is 13.2. The van der Waals surface area contributed by atoms with Crippen LogP contribution < -0.4 is 10.6 Å². The smallest absolute Gasteiger partial charge is 0.225 e. The lowest BCUT2D eigenvalue weighted by atomic mass is 10.3. The maximum absolute atomic E-state index is 13.2. The van der Waals surface area contributed by atoms with Gasteiger partial charge in [0.05, 0.1) is 5.69 Å². The lowest BCUT2D eigenvalue weighted by Gasteiger charge is -2.10. The molecule has 0 aliphatic rings. The molecule has 0 aliphatic carbocycles. The molecule has 0 saturated heterocycles. The van der Waals surface area contributed by atoms with Crippen molar-refractivity contribution >= 4 is 11.6 Å². The number of nitrogens with zero attached hydrogens (tertiary/aromatic N) is 1. The number of benzene rings is 1. The summed E-state index contributed by atoms with van der Waals surface area (Å²) in [6.07, 6.45) is 0.335. The van der Waals surface area contributed by atoms with Crippen molar-refractivity contribution in [2.45, 2.75) is 6.42 Å². The fourth-order valence-corrected chi connectivity index (χ4v) is 1.40. The number of amides is 1. The second kappa shape index (κ2) is 7.79. The zero-order chi connectivity index (χ0) is 13.4. The third-order valence-corrected chi connectivity index (χ3v) is 2.41. The van der Waals surface area contributed by atoms with Crippen molar-refractivity contribution in [3.05, 3.63) is 30.1 Å². The van der Waals surface area contributed by atoms with E-state index in [-0.39, 0.29) is 11.6 Å². The summed E-state index contributed by atoms with van der Waals surface area (Å²) in [7, 11) is 3.99. The number of nitrogens with one attached hydrogen (secondary N) is 2. The fraction of sp³-hybridized carbons (Fsp3) is 0.462. The number of rotatable bonds is 7. The van der Waals surface area contributed by atoms with E-state index in [1.807, 2.05) is 14.1 Å². The number of para-hydroxylation sites is 1. The van der Waals surface area contributed by atoms with Crippen LogP contribution in [0, 0.1) is 5.82 Å². The molecule has 1 aromatic rings. The van der Waals surface area contributed by atoms with E-state index in [2.05, 4.69) is 15.5 Å². The highest BCUT2D eigenvalue weighted by Crippen LogP contribution is 2.12. The van der Waals surface area contributed by atoms with E-state index in [0.717, 1.165) is 13.1 Å². The Morgan fingerprint density at radius 3 is 2.67 bits per heavy atom. The van der Waals surface area contributed by atoms with Gasteiger partial charge in [-0.25, -0.2) is 4.39 Å². The molecule has 0 radical (unpaired) electrons. The Bertz CT molecular complexity index is 382. The quantitative estimate of drug-likeness (QED) is 0.720. The molecule has 0 aliphatic heterocycles. The molecule has 0 heterocycles. The molecule has 0 unspecified atom stereocenters. The lowest BCUT2D eigenvalue weighted by Crippen LogP contribution is -2.29. The van der Waals surface area contributed by atoms with Crippen molar-refractivity contribution in [3.63, 3.8) is 0 Å². The Labute approximate surface area is 107 Å². The van der Waals surface area contributed by atoms with E-state index < -0.39 is 5.82 Å². The highest BCUT2D eigenvalue weighted by molar-refractivity contribution is 5.90. The van der Waals surface area contributed by atoms with Gasteiger partial charge in [-0.2, -0.15) is 0 Å². The summed E-state index contributed by atoms with van der Waals surface area (Å²) in [6, 6.07) is 6.15. The minimum absolute atomic E-state index is 0.183. The minimum Gasteiger partial charge on any atom is -0.324 e. The van der Waals surface area contributed by atoms with Crippen LogP contribution in [-0.2, 0) is 4.79 Å². The predicted octanol–water partition coefficient (Wildman–Crippen LogP) is 1.31. The van der Waals surface area contributed by atoms with Crippen molar-refractivity contribution in [3.8, 4) is 0 Å². The van der Waals surface area contributed by atoms with Crippen LogP contribution in [-0.4, -0.2) is 44.5 Å². The van der Waals surface area contributed by atoms with Crippen LogP contribution in [0.25, 0.3) is 0 Å². The molecular formula is C13H20FN3O. The van der Waals surface area contributed by atoms with Gasteiger partial charge >= 0.3 is 0 Å². The fourth-order valence-electron chi connectivity index (χ4n) is 1.40. The van der Waals surface area contributed by atoms with Crippen LogP contribution in [0.4, 0.5) is 10.1 Å². The molecule has 1 aromatic carbocycles. The zero-order valence-electron chi connectivity index (χ0n) is 10.9. The van der Waals surface area contributed by atoms with Crippen molar-refractivity contribution in [1.29, 1.82) is 0 Å². The number of likely N-dealkylation sites (N-methyl/N-ethyl adjacent to an activating group) is 1. The molecule has 0 atom stereocenters. The average molecular weight is 253 g/mol. The van der Waals surface area contributed by atoms with Gasteiger partial charge in [0, 0.05) is 26.1 Å². The first-order valence-electron chi connectivity index (χ1n) is 5.99. The number of carbonyl (C=O) groups excluding carboxylic acids is 1. The third kappa shape index (κ3) is 5.75. The van der Waals surface area contributed by atoms with Crippen molar-refractivity contribution < 1.29 is 9.18 Å². The number of hydrogen-bond donors (Lipinski definition) is 2. The highest BCUT2D eigenvalue weighted by Gasteiger charge is 2.05. The summed E-state index contributed by atoms with van der Waals surface area (Å²) in [4.78, 5) is 13.6. The molecule has 4 nitrogen and oxygen atoms in total. The number of carbonyl (C=O) groups is 1. The van der Waals surface area contributed by atoms with Crippen molar-refractivity contribution in [2.24, 2.45) is 0 Å². The largest absolute Gasteiger partial charge is 0.324 e. The Balaban J connectivity index is 2.20. The SMILES string of the molecule is CN(C)CCNCCC(=O)Nc1ccccc1F. The molecular weight excluding hydrogens is 233 g/mol. The molecule has 0 spiro atoms. The average Bonchev–Trinajstić information content (AvgIpc) is 2.31. The standard InChI is InChI=1S/C13H20FN3O/c1-17(2)10-9-15-8-7-13(18)16-12-6-4-3-5-11(12)14/h3-6,15H,7-10H2,1-2H3,(H,16,18). The summed E-state index contributed by atoms with van der Waals surface area (Å²) in [6.45, 7) is 2.35. The molecule has 0 aromatic heterocycles. The first kappa shape index (κ1) is 14.6. The highest BCUT2D eigenvalue weighted by atomic mass is 19.1. The minimum atomic E-state index is -0.411. The molecule has 2 N–H and O–H groups in total. The van der Waals surface area contributed by atoms with Gasteiger partial charge in [0.25, 0.3) is 0 Å². The van der Waals surface area contributed by atoms with Gasteiger partial charge < -0.3 is 15.5 Å². The third-order valence-electron chi connectivity index (χ3n) is 2.41. The van der Waals surface area contributed by atoms with E-state index in [9.17, 15) is 9.18 Å². The van der Waals surface area contributed by atoms with E-state index in [1.165, 1.54) is 6.07 Å². The van der Waals surface area contributed by atoms with Gasteiger partial charge in [-0.05, 0) is 26.2 Å². The molecule has 100 valence electrons. The summed E-state index contributed by atoms with van der Waals surface area (Å²) in [5.41, 5.74) is 0.232. The second-order valence-electron chi connectivity index (χ2n) is 4.33. The van der Waals surface area contributed by atoms with E-state index in [1.54, 1.807) is 18.2 Å². The first-order valence-corrected chi connectivity index (χ1v) is 5.99. The summed E-state index contributed by atoms with van der Waals surface area (Å²) in [5, 5.41) is 5.70. The maximum Gasteiger partial charge on any atom is 0.225 e. The van der Waals surface area contributed by atoms with Crippen LogP contribution in [0.3, 0.4) is 0 Å². The second-order valence-corrected chi connectivity index (χ2v) is 4.33. The Morgan fingerprint density at radius 2 is 2.00 bits per heavy atom. The van der Waals surface area contributed by atoms with E-state index in [4.69, 9.17) is 0 Å². The summed E-state index contributed by atoms with van der Waals surface area (Å²) in [5.74, 6) is -0.594. The lowest BCUT2D eigenvalue weighted by molar-refractivity contribution is -0.116. The maximum atomic E-state index is 13.2. The van der Waals surface area contributed by atoms with Gasteiger partial charge in [-0.15, -0.1) is 0 Å². The van der Waals surface area contributed by atoms with Gasteiger partial charge in [0.2, 0.25) is 5.91 Å². The van der Waals surface area contributed by atoms with Crippen molar-refractivity contribution in [2.75, 3.05) is 39.0 Å². The number of hydrogen-bond acceptors (Lipinski definition) is 3. The van der Waals surface area contributed by atoms with Gasteiger partial charge in [-0.3, -0.25) is 4.79 Å². The molecule has 18 heavy (non-hydrogen) atoms. The molecule has 5 heteroatoms. The number of halogens is 1. The van der Waals surface area contributed by atoms with Crippen LogP contribution in [0.1, 0.15) is 6.42 Å². The van der Waals surface area contributed by atoms with E-state index >= 15 is 0 Å². The van der Waals surface area contributed by atoms with Crippen molar-refractivity contribution in [1.82, 2.24) is 10.2 Å². The molecule has 1 rings (SSSR count). The Kier molecular flexibility index (Phi) is 6.32. The monoisotopic (exact) mass is 253 g/mol. The topological polar surface area (TPSA) is 44.4 Å². The van der Waals surface area contributed by atoms with Crippen LogP contribution in [0.2, 0.25) is 0 Å². The summed E-state index contributed by atoms with van der Waals surface area (Å²) >= 11 is 0. The number of anilines is 1. The Morgan fingerprint density at radius 1 is 1.28 bits per heavy atom. The molecule has 0 fully saturated rings. The molecule has 0 bridgehead atoms. The van der Waals surface area contributed by atoms with Crippen LogP contribution >= 0.6 is 0 Å². The van der Waals surface area contributed by atoms with Crippen LogP contribution in [0.5, 0.6) is 0 Å². The van der Waals surface area contributed by atoms with Gasteiger partial charge in [-0.1, -0.05) is 12.1 Å². The molecule has 1 amide bonds. The predicted molar refractivity (Wildman–Crippen MR) is 71.1 cm³/mol.